The third-order valence-corrected chi connectivity index (χ3v) is 16.9. The molecule has 0 aromatic heterocycles. The number of nitrogens with zero attached hydrogens (tertiary/aromatic N) is 1. The van der Waals surface area contributed by atoms with E-state index in [9.17, 15) is 30.0 Å². The van der Waals surface area contributed by atoms with Crippen LogP contribution >= 0.6 is 0 Å². The summed E-state index contributed by atoms with van der Waals surface area (Å²) in [6.07, 6.45) is 13.4. The Morgan fingerprint density at radius 3 is 2.47 bits per heavy atom. The largest absolute Gasteiger partial charge is 0.478 e. The Balaban J connectivity index is 1.40. The van der Waals surface area contributed by atoms with Gasteiger partial charge in [0.25, 0.3) is 0 Å². The Kier molecular flexibility index (Phi) is 9.99. The third kappa shape index (κ3) is 5.49. The van der Waals surface area contributed by atoms with Crippen LogP contribution in [0, 0.1) is 62.6 Å². The van der Waals surface area contributed by atoms with E-state index in [1.165, 1.54) is 6.08 Å². The van der Waals surface area contributed by atoms with Gasteiger partial charge in [0, 0.05) is 70.3 Å². The van der Waals surface area contributed by atoms with Gasteiger partial charge < -0.3 is 37.2 Å². The molecule has 4 bridgehead atoms. The number of nitrogens with two attached hydrogens (primary N) is 2. The second-order valence-electron chi connectivity index (χ2n) is 19.6. The molecule has 0 heterocycles. The molecule has 318 valence electrons. The van der Waals surface area contributed by atoms with Crippen LogP contribution < -0.4 is 16.8 Å². The lowest BCUT2D eigenvalue weighted by atomic mass is 9.34. The van der Waals surface area contributed by atoms with Crippen molar-refractivity contribution in [1.82, 2.24) is 5.32 Å². The predicted octanol–water partition coefficient (Wildman–Crippen LogP) is 4.64. The second kappa shape index (κ2) is 14.2. The number of guanidine groups is 1. The molecule has 0 saturated heterocycles. The lowest BCUT2D eigenvalue weighted by Gasteiger charge is -2.69. The van der Waals surface area contributed by atoms with Crippen molar-refractivity contribution < 1.29 is 34.8 Å². The van der Waals surface area contributed by atoms with E-state index >= 15 is 4.79 Å². The van der Waals surface area contributed by atoms with Crippen molar-refractivity contribution in [1.29, 1.82) is 0 Å². The van der Waals surface area contributed by atoms with Crippen LogP contribution in [0.15, 0.2) is 88.5 Å². The van der Waals surface area contributed by atoms with Crippen molar-refractivity contribution in [2.24, 2.45) is 67.2 Å². The maximum Gasteiger partial charge on any atom is 0.331 e. The number of carboxylic acid groups (broad SMARTS) is 1. The second-order valence-corrected chi connectivity index (χ2v) is 19.6. The first-order valence-corrected chi connectivity index (χ1v) is 21.5. The number of aliphatic carboxylic acids is 1. The van der Waals surface area contributed by atoms with Gasteiger partial charge in [-0.15, -0.1) is 11.8 Å². The van der Waals surface area contributed by atoms with Gasteiger partial charge in [0.1, 0.15) is 11.4 Å². The summed E-state index contributed by atoms with van der Waals surface area (Å²) < 4.78 is 0. The van der Waals surface area contributed by atoms with Gasteiger partial charge in [0.2, 0.25) is 0 Å². The van der Waals surface area contributed by atoms with Gasteiger partial charge in [-0.3, -0.25) is 9.59 Å². The highest BCUT2D eigenvalue weighted by Gasteiger charge is 2.83. The number of carbonyl (C=O) groups is 3. The summed E-state index contributed by atoms with van der Waals surface area (Å²) in [5, 5.41) is 53.0. The fraction of sp³-hybridized carbons (Fsp3) is 0.551. The first kappa shape index (κ1) is 42.1. The highest BCUT2D eigenvalue weighted by Crippen LogP contribution is 2.83. The lowest BCUT2D eigenvalue weighted by Crippen LogP contribution is -2.71. The van der Waals surface area contributed by atoms with Gasteiger partial charge >= 0.3 is 5.97 Å². The van der Waals surface area contributed by atoms with Gasteiger partial charge in [0.05, 0.1) is 17.7 Å². The van der Waals surface area contributed by atoms with Gasteiger partial charge in [-0.05, 0) is 79.8 Å². The number of aliphatic imine (C=N–C) groups is 1. The Morgan fingerprint density at radius 1 is 1.05 bits per heavy atom. The summed E-state index contributed by atoms with van der Waals surface area (Å²) in [5.74, 6) is 2.96. The zero-order valence-corrected chi connectivity index (χ0v) is 35.4. The monoisotopic (exact) mass is 816 g/mol. The molecule has 60 heavy (non-hydrogen) atoms. The lowest BCUT2D eigenvalue weighted by molar-refractivity contribution is -0.169. The zero-order valence-electron chi connectivity index (χ0n) is 35.4. The van der Waals surface area contributed by atoms with Crippen LogP contribution in [-0.2, 0) is 14.4 Å². The van der Waals surface area contributed by atoms with Crippen LogP contribution in [0.25, 0.3) is 6.08 Å². The molecule has 0 amide bonds. The Hall–Kier alpha value is -4.60. The molecule has 8 rings (SSSR count). The minimum absolute atomic E-state index is 0.0336. The number of ketones is 2. The number of rotatable bonds is 9. The van der Waals surface area contributed by atoms with E-state index in [1.54, 1.807) is 19.2 Å². The number of carboxylic acids is 1. The molecular weight excluding hydrogens is 757 g/mol. The molecule has 7 aliphatic carbocycles. The topological polar surface area (TPSA) is 209 Å². The number of hydrogen-bond acceptors (Lipinski definition) is 8. The molecule has 2 fully saturated rings. The maximum absolute atomic E-state index is 15.6. The number of allylic oxidation sites excluding steroid dienone is 2. The smallest absolute Gasteiger partial charge is 0.331 e. The molecule has 0 radical (unpaired) electrons. The maximum atomic E-state index is 15.6. The molecule has 9 N–H and O–H groups in total. The highest BCUT2D eigenvalue weighted by molar-refractivity contribution is 6.02. The van der Waals surface area contributed by atoms with Crippen LogP contribution in [0.3, 0.4) is 0 Å². The van der Waals surface area contributed by atoms with Crippen LogP contribution in [-0.4, -0.2) is 80.9 Å². The standard InChI is InChI=1S/C49H60N4O7/c1-29-37(34(54)26-31(41(57)58)18-25-52-5)33(53-42(50)51)16-22-46(29)28-47(59)23-24-48(60)32(15-14-30-12-8-6-9-13-30)39-43(2)19-10-7-11-20-49(47)40(48)38(35(55)27-45(46,49)4)44(39,3)21-17-36(43)56/h6,8-9,12-16,22-24,26,29,32-34,37,39,52,54,59-60H,11,17-21,25,27-28H2,1-5H3,(H,57,58)(H4,50,51,53). The number of hydrogen-bond donors (Lipinski definition) is 7. The summed E-state index contributed by atoms with van der Waals surface area (Å²) in [5.41, 5.74) is 5.51. The number of nitrogens with one attached hydrogen (secondary N) is 1. The van der Waals surface area contributed by atoms with E-state index in [0.29, 0.717) is 37.0 Å². The number of fused-ring (bicyclic) bond motifs is 2. The molecular formula is C49H60N4O7. The average Bonchev–Trinajstić information content (AvgIpc) is 3.34. The summed E-state index contributed by atoms with van der Waals surface area (Å²) >= 11 is 0. The Bertz CT molecular complexity index is 2260. The fourth-order valence-corrected chi connectivity index (χ4v) is 14.4. The van der Waals surface area contributed by atoms with E-state index in [1.807, 2.05) is 68.5 Å². The number of benzene rings is 1. The van der Waals surface area contributed by atoms with E-state index < -0.39 is 80.1 Å². The summed E-state index contributed by atoms with van der Waals surface area (Å²) in [6, 6.07) is 9.07. The molecule has 1 aromatic carbocycles. The minimum Gasteiger partial charge on any atom is -0.478 e. The van der Waals surface area contributed by atoms with Crippen LogP contribution in [0.4, 0.5) is 0 Å². The third-order valence-electron chi connectivity index (χ3n) is 16.9. The number of aliphatic hydroxyl groups is 3. The molecule has 1 aromatic rings. The van der Waals surface area contributed by atoms with Gasteiger partial charge in [-0.2, -0.15) is 0 Å². The molecule has 7 aliphatic rings. The van der Waals surface area contributed by atoms with Gasteiger partial charge in [0.15, 0.2) is 11.7 Å². The SMILES string of the molecule is CNCCC(=CC(O)C1C(N=C(N)N)C=CC2(CC3(O)C=CC4(O)C5=C6C(=O)CC2(C)C53CCC#CCC2(C)C(=O)CCC6(C)C2C4C=Cc2ccccc2)C1C)C(=O)O. The predicted molar refractivity (Wildman–Crippen MR) is 229 cm³/mol. The van der Waals surface area contributed by atoms with Crippen molar-refractivity contribution in [3.8, 4) is 11.8 Å². The summed E-state index contributed by atoms with van der Waals surface area (Å²) in [7, 11) is 1.72. The van der Waals surface area contributed by atoms with E-state index in [-0.39, 0.29) is 55.2 Å². The number of aliphatic hydroxyl groups excluding tert-OH is 1. The van der Waals surface area contributed by atoms with Crippen molar-refractivity contribution in [3.05, 3.63) is 89.1 Å². The van der Waals surface area contributed by atoms with Gasteiger partial charge in [-0.1, -0.05) is 88.4 Å². The molecule has 11 heteroatoms. The Labute approximate surface area is 352 Å². The number of Topliss-reactive ketones (excluding diaryl/α,β-unsaturated/α-hetero) is 2. The van der Waals surface area contributed by atoms with Crippen LogP contribution in [0.2, 0.25) is 0 Å². The minimum atomic E-state index is -1.77. The molecule has 13 atom stereocenters. The van der Waals surface area contributed by atoms with Crippen molar-refractivity contribution >= 4 is 29.6 Å². The molecule has 11 nitrogen and oxygen atoms in total. The van der Waals surface area contributed by atoms with E-state index in [0.717, 1.165) is 5.56 Å². The molecule has 2 spiro atoms. The van der Waals surface area contributed by atoms with Crippen LogP contribution in [0.1, 0.15) is 84.6 Å². The molecule has 13 unspecified atom stereocenters. The molecule has 2 saturated carbocycles. The average molecular weight is 817 g/mol. The van der Waals surface area contributed by atoms with Crippen molar-refractivity contribution in [2.45, 2.75) is 102 Å². The fourth-order valence-electron chi connectivity index (χ4n) is 14.4. The van der Waals surface area contributed by atoms with Gasteiger partial charge in [-0.25, -0.2) is 9.79 Å². The first-order chi connectivity index (χ1) is 28.3. The quantitative estimate of drug-likeness (QED) is 0.0604. The first-order valence-electron chi connectivity index (χ1n) is 21.5. The molecule has 0 aliphatic heterocycles. The Morgan fingerprint density at radius 2 is 1.78 bits per heavy atom. The van der Waals surface area contributed by atoms with Crippen LogP contribution in [0.5, 0.6) is 0 Å². The zero-order chi connectivity index (χ0) is 43.3. The van der Waals surface area contributed by atoms with E-state index in [2.05, 4.69) is 36.0 Å². The summed E-state index contributed by atoms with van der Waals surface area (Å²) in [6.45, 7) is 8.50. The van der Waals surface area contributed by atoms with E-state index in [4.69, 9.17) is 11.5 Å². The van der Waals surface area contributed by atoms with Crippen molar-refractivity contribution in [2.75, 3.05) is 13.6 Å². The normalized spacial score (nSPS) is 43.1. The van der Waals surface area contributed by atoms with Crippen molar-refractivity contribution in [3.63, 3.8) is 0 Å². The highest BCUT2D eigenvalue weighted by atomic mass is 16.4. The number of carbonyl (C=O) groups excluding carboxylic acids is 2. The summed E-state index contributed by atoms with van der Waals surface area (Å²) in [4.78, 5) is 46.9.